The molecule has 28 heavy (non-hydrogen) atoms. The summed E-state index contributed by atoms with van der Waals surface area (Å²) >= 11 is 1.73. The highest BCUT2D eigenvalue weighted by Gasteiger charge is 2.21. The number of amides is 1. The molecule has 1 saturated heterocycles. The van der Waals surface area contributed by atoms with Crippen molar-refractivity contribution in [1.29, 1.82) is 10.8 Å². The molecule has 0 bridgehead atoms. The molecule has 3 heterocycles. The van der Waals surface area contributed by atoms with Crippen molar-refractivity contribution in [3.63, 3.8) is 0 Å². The first-order valence-corrected chi connectivity index (χ1v) is 10.3. The van der Waals surface area contributed by atoms with Crippen LogP contribution >= 0.6 is 11.9 Å². The lowest BCUT2D eigenvalue weighted by atomic mass is 10.0. The van der Waals surface area contributed by atoms with Gasteiger partial charge in [0.1, 0.15) is 17.0 Å². The van der Waals surface area contributed by atoms with Gasteiger partial charge >= 0.3 is 0 Å². The lowest BCUT2D eigenvalue weighted by Crippen LogP contribution is -2.37. The van der Waals surface area contributed by atoms with E-state index in [1.165, 1.54) is 17.4 Å². The Kier molecular flexibility index (Phi) is 6.41. The highest BCUT2D eigenvalue weighted by Crippen LogP contribution is 2.31. The number of carbonyl (C=O) groups excluding carboxylic acids is 1. The number of hydrogen-bond acceptors (Lipinski definition) is 5. The molecular formula is C20H28N6OS. The number of hydrogen-bond donors (Lipinski definition) is 3. The topological polar surface area (TPSA) is 89.9 Å². The van der Waals surface area contributed by atoms with Crippen LogP contribution in [-0.2, 0) is 7.05 Å². The monoisotopic (exact) mass is 400 g/mol. The van der Waals surface area contributed by atoms with Crippen LogP contribution in [0.25, 0.3) is 0 Å². The SMILES string of the molecule is Cc1c(SN2CCC(C)CC2)cc(C(=O)NCC(=N)n2ccccc2=N)n1C. The first kappa shape index (κ1) is 20.4. The quantitative estimate of drug-likeness (QED) is 0.409. The minimum atomic E-state index is -0.211. The van der Waals surface area contributed by atoms with Crippen molar-refractivity contribution in [2.75, 3.05) is 19.6 Å². The van der Waals surface area contributed by atoms with Gasteiger partial charge in [0, 0.05) is 36.9 Å². The lowest BCUT2D eigenvalue weighted by molar-refractivity contribution is 0.0950. The zero-order valence-corrected chi connectivity index (χ0v) is 17.5. The van der Waals surface area contributed by atoms with E-state index in [4.69, 9.17) is 10.8 Å². The Morgan fingerprint density at radius 2 is 2.04 bits per heavy atom. The van der Waals surface area contributed by atoms with Crippen LogP contribution in [0.5, 0.6) is 0 Å². The van der Waals surface area contributed by atoms with Gasteiger partial charge in [0.15, 0.2) is 0 Å². The van der Waals surface area contributed by atoms with Crippen LogP contribution < -0.4 is 10.8 Å². The molecule has 3 N–H and O–H groups in total. The zero-order valence-electron chi connectivity index (χ0n) is 16.7. The third-order valence-electron chi connectivity index (χ3n) is 5.26. The summed E-state index contributed by atoms with van der Waals surface area (Å²) in [6.07, 6.45) is 4.07. The summed E-state index contributed by atoms with van der Waals surface area (Å²) in [5.74, 6) is 0.733. The van der Waals surface area contributed by atoms with Gasteiger partial charge in [0.25, 0.3) is 5.91 Å². The van der Waals surface area contributed by atoms with Crippen molar-refractivity contribution in [2.45, 2.75) is 31.6 Å². The van der Waals surface area contributed by atoms with Crippen LogP contribution in [-0.4, -0.2) is 44.8 Å². The Hall–Kier alpha value is -2.32. The Labute approximate surface area is 169 Å². The standard InChI is InChI=1S/C20H28N6OS/c1-14-7-10-25(11-8-14)28-17-12-16(24(3)15(17)2)20(27)23-13-19(22)26-9-5-4-6-18(26)21/h4-6,9,12,14,21-22H,7-8,10-11,13H2,1-3H3,(H,23,27). The summed E-state index contributed by atoms with van der Waals surface area (Å²) in [4.78, 5) is 13.8. The van der Waals surface area contributed by atoms with Gasteiger partial charge in [-0.3, -0.25) is 20.2 Å². The molecule has 7 nitrogen and oxygen atoms in total. The molecular weight excluding hydrogens is 372 g/mol. The largest absolute Gasteiger partial charge is 0.344 e. The smallest absolute Gasteiger partial charge is 0.268 e. The Bertz CT molecular complexity index is 923. The maximum Gasteiger partial charge on any atom is 0.268 e. The molecule has 1 amide bonds. The normalized spacial score (nSPS) is 15.5. The summed E-state index contributed by atoms with van der Waals surface area (Å²) in [6, 6.07) is 7.06. The van der Waals surface area contributed by atoms with Gasteiger partial charge in [-0.15, -0.1) is 0 Å². The van der Waals surface area contributed by atoms with Gasteiger partial charge in [-0.05, 0) is 55.8 Å². The van der Waals surface area contributed by atoms with E-state index in [9.17, 15) is 4.79 Å². The van der Waals surface area contributed by atoms with Crippen molar-refractivity contribution in [1.82, 2.24) is 18.8 Å². The molecule has 0 radical (unpaired) electrons. The van der Waals surface area contributed by atoms with E-state index in [1.807, 2.05) is 24.6 Å². The summed E-state index contributed by atoms with van der Waals surface area (Å²) in [5, 5.41) is 18.8. The molecule has 0 aromatic carbocycles. The molecule has 0 aliphatic carbocycles. The molecule has 0 saturated carbocycles. The van der Waals surface area contributed by atoms with Crippen LogP contribution in [0, 0.1) is 23.7 Å². The van der Waals surface area contributed by atoms with Crippen molar-refractivity contribution in [3.8, 4) is 0 Å². The predicted molar refractivity (Wildman–Crippen MR) is 112 cm³/mol. The third-order valence-corrected chi connectivity index (χ3v) is 6.49. The maximum absolute atomic E-state index is 12.7. The first-order valence-electron chi connectivity index (χ1n) is 9.54. The molecule has 150 valence electrons. The molecule has 3 rings (SSSR count). The second kappa shape index (κ2) is 8.79. The molecule has 1 fully saturated rings. The van der Waals surface area contributed by atoms with Gasteiger partial charge < -0.3 is 9.88 Å². The highest BCUT2D eigenvalue weighted by atomic mass is 32.2. The molecule has 0 atom stereocenters. The van der Waals surface area contributed by atoms with Crippen molar-refractivity contribution in [3.05, 3.63) is 47.3 Å². The number of aromatic nitrogens is 2. The van der Waals surface area contributed by atoms with Crippen LogP contribution in [0.3, 0.4) is 0 Å². The first-order chi connectivity index (χ1) is 13.4. The van der Waals surface area contributed by atoms with Crippen molar-refractivity contribution < 1.29 is 4.79 Å². The van der Waals surface area contributed by atoms with Crippen LogP contribution in [0.4, 0.5) is 0 Å². The molecule has 2 aromatic rings. The minimum absolute atomic E-state index is 0.0656. The van der Waals surface area contributed by atoms with Gasteiger partial charge in [-0.25, -0.2) is 4.31 Å². The van der Waals surface area contributed by atoms with Gasteiger partial charge in [-0.1, -0.05) is 13.0 Å². The number of carbonyl (C=O) groups is 1. The fourth-order valence-electron chi connectivity index (χ4n) is 3.22. The molecule has 1 aliphatic rings. The highest BCUT2D eigenvalue weighted by molar-refractivity contribution is 7.97. The van der Waals surface area contributed by atoms with Crippen LogP contribution in [0.2, 0.25) is 0 Å². The van der Waals surface area contributed by atoms with E-state index >= 15 is 0 Å². The molecule has 0 unspecified atom stereocenters. The zero-order chi connectivity index (χ0) is 20.3. The van der Waals surface area contributed by atoms with Gasteiger partial charge in [-0.2, -0.15) is 0 Å². The predicted octanol–water partition coefficient (Wildman–Crippen LogP) is 2.61. The van der Waals surface area contributed by atoms with Crippen LogP contribution in [0.15, 0.2) is 35.4 Å². The van der Waals surface area contributed by atoms with E-state index in [0.29, 0.717) is 5.69 Å². The van der Waals surface area contributed by atoms with Crippen molar-refractivity contribution >= 4 is 23.7 Å². The van der Waals surface area contributed by atoms with E-state index in [2.05, 4.69) is 16.5 Å². The number of rotatable bonds is 5. The van der Waals surface area contributed by atoms with Crippen molar-refractivity contribution in [2.24, 2.45) is 13.0 Å². The number of pyridine rings is 1. The summed E-state index contributed by atoms with van der Waals surface area (Å²) in [7, 11) is 1.89. The number of nitrogens with one attached hydrogen (secondary N) is 3. The second-order valence-electron chi connectivity index (χ2n) is 7.33. The van der Waals surface area contributed by atoms with E-state index in [-0.39, 0.29) is 23.8 Å². The molecule has 2 aromatic heterocycles. The Morgan fingerprint density at radius 1 is 1.32 bits per heavy atom. The molecule has 0 spiro atoms. The fraction of sp³-hybridized carbons (Fsp3) is 0.450. The van der Waals surface area contributed by atoms with E-state index < -0.39 is 0 Å². The van der Waals surface area contributed by atoms with E-state index in [0.717, 1.165) is 29.6 Å². The Morgan fingerprint density at radius 3 is 2.71 bits per heavy atom. The maximum atomic E-state index is 12.7. The lowest BCUT2D eigenvalue weighted by Gasteiger charge is -2.28. The van der Waals surface area contributed by atoms with Gasteiger partial charge in [0.05, 0.1) is 6.54 Å². The average molecular weight is 401 g/mol. The third kappa shape index (κ3) is 4.56. The molecule has 1 aliphatic heterocycles. The fourth-order valence-corrected chi connectivity index (χ4v) is 4.32. The summed E-state index contributed by atoms with van der Waals surface area (Å²) in [6.45, 7) is 6.54. The average Bonchev–Trinajstić information content (AvgIpc) is 2.96. The summed E-state index contributed by atoms with van der Waals surface area (Å²) < 4.78 is 5.72. The number of nitrogens with zero attached hydrogens (tertiary/aromatic N) is 3. The Balaban J connectivity index is 1.64. The van der Waals surface area contributed by atoms with Gasteiger partial charge in [0.2, 0.25) is 0 Å². The summed E-state index contributed by atoms with van der Waals surface area (Å²) in [5.41, 5.74) is 1.86. The molecule has 8 heteroatoms. The number of piperidine rings is 1. The van der Waals surface area contributed by atoms with Crippen LogP contribution in [0.1, 0.15) is 35.9 Å². The van der Waals surface area contributed by atoms with E-state index in [1.54, 1.807) is 36.3 Å². The minimum Gasteiger partial charge on any atom is -0.344 e. The second-order valence-corrected chi connectivity index (χ2v) is 8.47.